The number of oxazole rings is 1. The first-order valence-electron chi connectivity index (χ1n) is 9.89. The van der Waals surface area contributed by atoms with Gasteiger partial charge in [0.25, 0.3) is 0 Å². The van der Waals surface area contributed by atoms with E-state index < -0.39 is 24.1 Å². The predicted octanol–water partition coefficient (Wildman–Crippen LogP) is 2.56. The van der Waals surface area contributed by atoms with E-state index in [4.69, 9.17) is 13.7 Å². The first-order valence-corrected chi connectivity index (χ1v) is 9.89. The predicted molar refractivity (Wildman–Crippen MR) is 116 cm³/mol. The molecule has 156 valence electrons. The third-order valence-electron chi connectivity index (χ3n) is 6.03. The summed E-state index contributed by atoms with van der Waals surface area (Å²) >= 11 is 0. The van der Waals surface area contributed by atoms with E-state index in [9.17, 15) is 9.59 Å². The fourth-order valence-corrected chi connectivity index (χ4v) is 3.39. The molecule has 1 aliphatic rings. The SMILES string of the molecule is CN(C(=O)Cn1c(=O)oc2ccc(B3OC(C)(C)C(C)(C)O3)cc21)c1ccccc1. The molecule has 2 aromatic carbocycles. The topological polar surface area (TPSA) is 73.9 Å². The first-order chi connectivity index (χ1) is 14.1. The third kappa shape index (κ3) is 3.46. The van der Waals surface area contributed by atoms with E-state index in [0.717, 1.165) is 11.2 Å². The fraction of sp³-hybridized carbons (Fsp3) is 0.364. The molecular weight excluding hydrogens is 383 g/mol. The van der Waals surface area contributed by atoms with Gasteiger partial charge in [-0.3, -0.25) is 9.36 Å². The molecule has 7 nitrogen and oxygen atoms in total. The molecule has 8 heteroatoms. The van der Waals surface area contributed by atoms with E-state index in [1.54, 1.807) is 19.2 Å². The fourth-order valence-electron chi connectivity index (χ4n) is 3.39. The molecule has 0 saturated carbocycles. The molecule has 0 radical (unpaired) electrons. The average molecular weight is 408 g/mol. The molecule has 1 aliphatic heterocycles. The van der Waals surface area contributed by atoms with Gasteiger partial charge in [-0.2, -0.15) is 0 Å². The number of anilines is 1. The van der Waals surface area contributed by atoms with Crippen LogP contribution in [0, 0.1) is 0 Å². The highest BCUT2D eigenvalue weighted by atomic mass is 16.7. The molecule has 0 spiro atoms. The van der Waals surface area contributed by atoms with Crippen molar-refractivity contribution in [2.75, 3.05) is 11.9 Å². The number of para-hydroxylation sites is 1. The van der Waals surface area contributed by atoms with Gasteiger partial charge in [-0.15, -0.1) is 0 Å². The number of nitrogens with zero attached hydrogens (tertiary/aromatic N) is 2. The summed E-state index contributed by atoms with van der Waals surface area (Å²) in [5.74, 6) is -0.807. The van der Waals surface area contributed by atoms with Crippen LogP contribution in [0.5, 0.6) is 0 Å². The van der Waals surface area contributed by atoms with Crippen molar-refractivity contribution in [3.05, 3.63) is 59.1 Å². The number of hydrogen-bond donors (Lipinski definition) is 0. The van der Waals surface area contributed by atoms with Crippen molar-refractivity contribution in [2.45, 2.75) is 45.4 Å². The Labute approximate surface area is 175 Å². The number of aromatic nitrogens is 1. The number of carbonyl (C=O) groups is 1. The summed E-state index contributed by atoms with van der Waals surface area (Å²) in [6.07, 6.45) is 0. The van der Waals surface area contributed by atoms with Crippen LogP contribution in [0.3, 0.4) is 0 Å². The van der Waals surface area contributed by atoms with Crippen LogP contribution in [-0.2, 0) is 20.6 Å². The van der Waals surface area contributed by atoms with Crippen LogP contribution in [0.1, 0.15) is 27.7 Å². The quantitative estimate of drug-likeness (QED) is 0.621. The van der Waals surface area contributed by atoms with Crippen molar-refractivity contribution in [1.29, 1.82) is 0 Å². The molecule has 4 rings (SSSR count). The molecule has 0 N–H and O–H groups in total. The second kappa shape index (κ2) is 7.14. The molecule has 0 aliphatic carbocycles. The monoisotopic (exact) mass is 408 g/mol. The maximum atomic E-state index is 12.8. The van der Waals surface area contributed by atoms with Gasteiger partial charge in [0.05, 0.1) is 16.7 Å². The van der Waals surface area contributed by atoms with Crippen molar-refractivity contribution in [1.82, 2.24) is 4.57 Å². The number of amides is 1. The molecule has 1 fully saturated rings. The first kappa shape index (κ1) is 20.4. The van der Waals surface area contributed by atoms with Gasteiger partial charge in [0.15, 0.2) is 5.58 Å². The number of fused-ring (bicyclic) bond motifs is 1. The Morgan fingerprint density at radius 3 is 2.30 bits per heavy atom. The lowest BCUT2D eigenvalue weighted by Gasteiger charge is -2.32. The van der Waals surface area contributed by atoms with E-state index >= 15 is 0 Å². The molecule has 2 heterocycles. The zero-order valence-electron chi connectivity index (χ0n) is 17.8. The summed E-state index contributed by atoms with van der Waals surface area (Å²) in [5, 5.41) is 0. The Kier molecular flexibility index (Phi) is 4.87. The van der Waals surface area contributed by atoms with Crippen LogP contribution >= 0.6 is 0 Å². The summed E-state index contributed by atoms with van der Waals surface area (Å²) < 4.78 is 18.9. The minimum Gasteiger partial charge on any atom is -0.408 e. The number of likely N-dealkylation sites (N-methyl/N-ethyl adjacent to an activating group) is 1. The largest absolute Gasteiger partial charge is 0.494 e. The zero-order chi connectivity index (χ0) is 21.7. The summed E-state index contributed by atoms with van der Waals surface area (Å²) in [6, 6.07) is 14.6. The Morgan fingerprint density at radius 1 is 1.03 bits per heavy atom. The van der Waals surface area contributed by atoms with Gasteiger partial charge in [0, 0.05) is 12.7 Å². The van der Waals surface area contributed by atoms with Gasteiger partial charge in [-0.1, -0.05) is 24.3 Å². The Hall–Kier alpha value is -2.84. The lowest BCUT2D eigenvalue weighted by molar-refractivity contribution is -0.118. The highest BCUT2D eigenvalue weighted by Crippen LogP contribution is 2.36. The Balaban J connectivity index is 1.65. The van der Waals surface area contributed by atoms with Crippen LogP contribution in [0.4, 0.5) is 5.69 Å². The summed E-state index contributed by atoms with van der Waals surface area (Å²) in [4.78, 5) is 26.7. The van der Waals surface area contributed by atoms with Crippen molar-refractivity contribution in [3.63, 3.8) is 0 Å². The Morgan fingerprint density at radius 2 is 1.67 bits per heavy atom. The van der Waals surface area contributed by atoms with Crippen LogP contribution < -0.4 is 16.1 Å². The molecule has 1 amide bonds. The van der Waals surface area contributed by atoms with Crippen molar-refractivity contribution in [3.8, 4) is 0 Å². The maximum absolute atomic E-state index is 12.8. The highest BCUT2D eigenvalue weighted by molar-refractivity contribution is 6.62. The van der Waals surface area contributed by atoms with Gasteiger partial charge < -0.3 is 18.6 Å². The normalized spacial score (nSPS) is 17.4. The molecule has 3 aromatic rings. The third-order valence-corrected chi connectivity index (χ3v) is 6.03. The highest BCUT2D eigenvalue weighted by Gasteiger charge is 2.51. The van der Waals surface area contributed by atoms with E-state index in [1.165, 1.54) is 9.47 Å². The smallest absolute Gasteiger partial charge is 0.408 e. The van der Waals surface area contributed by atoms with Gasteiger partial charge in [-0.05, 0) is 57.4 Å². The van der Waals surface area contributed by atoms with Gasteiger partial charge >= 0.3 is 12.9 Å². The number of rotatable bonds is 4. The van der Waals surface area contributed by atoms with E-state index in [0.29, 0.717) is 11.1 Å². The summed E-state index contributed by atoms with van der Waals surface area (Å²) in [6.45, 7) is 7.80. The summed E-state index contributed by atoms with van der Waals surface area (Å²) in [5.41, 5.74) is 1.51. The minimum atomic E-state index is -0.578. The molecule has 0 bridgehead atoms. The lowest BCUT2D eigenvalue weighted by atomic mass is 9.79. The van der Waals surface area contributed by atoms with E-state index in [-0.39, 0.29) is 12.5 Å². The standard InChI is InChI=1S/C22H25BN2O5/c1-21(2)22(3,4)30-23(29-21)15-11-12-18-17(13-15)25(20(27)28-18)14-19(26)24(5)16-9-7-6-8-10-16/h6-13H,14H2,1-5H3. The summed E-state index contributed by atoms with van der Waals surface area (Å²) in [7, 11) is 1.11. The van der Waals surface area contributed by atoms with Crippen LogP contribution in [0.2, 0.25) is 0 Å². The van der Waals surface area contributed by atoms with Gasteiger partial charge in [0.2, 0.25) is 5.91 Å². The molecule has 30 heavy (non-hydrogen) atoms. The minimum absolute atomic E-state index is 0.135. The second-order valence-corrected chi connectivity index (χ2v) is 8.56. The Bertz CT molecular complexity index is 1130. The van der Waals surface area contributed by atoms with Gasteiger partial charge in [0.1, 0.15) is 6.54 Å². The number of hydrogen-bond acceptors (Lipinski definition) is 5. The van der Waals surface area contributed by atoms with Crippen molar-refractivity contribution >= 4 is 35.3 Å². The maximum Gasteiger partial charge on any atom is 0.494 e. The van der Waals surface area contributed by atoms with Crippen LogP contribution in [0.15, 0.2) is 57.7 Å². The zero-order valence-corrected chi connectivity index (χ0v) is 17.8. The molecule has 1 saturated heterocycles. The lowest BCUT2D eigenvalue weighted by Crippen LogP contribution is -2.41. The number of carbonyl (C=O) groups excluding carboxylic acids is 1. The van der Waals surface area contributed by atoms with E-state index in [1.807, 2.05) is 64.1 Å². The second-order valence-electron chi connectivity index (χ2n) is 8.56. The molecule has 0 unspecified atom stereocenters. The van der Waals surface area contributed by atoms with Crippen molar-refractivity contribution in [2.24, 2.45) is 0 Å². The van der Waals surface area contributed by atoms with Crippen LogP contribution in [0.25, 0.3) is 11.1 Å². The van der Waals surface area contributed by atoms with Crippen molar-refractivity contribution < 1.29 is 18.5 Å². The van der Waals surface area contributed by atoms with E-state index in [2.05, 4.69) is 0 Å². The molecule has 0 atom stereocenters. The van der Waals surface area contributed by atoms with Gasteiger partial charge in [-0.25, -0.2) is 4.79 Å². The number of benzene rings is 2. The van der Waals surface area contributed by atoms with Crippen LogP contribution in [-0.4, -0.2) is 35.8 Å². The average Bonchev–Trinajstić information content (AvgIpc) is 3.13. The molecular formula is C22H25BN2O5. The molecule has 1 aromatic heterocycles.